The zero-order chi connectivity index (χ0) is 11.7. The van der Waals surface area contributed by atoms with Crippen molar-refractivity contribution >= 4 is 0 Å². The van der Waals surface area contributed by atoms with Crippen LogP contribution in [0.1, 0.15) is 64.2 Å². The molecule has 0 aromatic heterocycles. The number of rotatable bonds is 1. The Kier molecular flexibility index (Phi) is 3.45. The van der Waals surface area contributed by atoms with Crippen molar-refractivity contribution in [2.45, 2.75) is 76.3 Å². The minimum atomic E-state index is 0.457. The second-order valence-corrected chi connectivity index (χ2v) is 6.83. The quantitative estimate of drug-likeness (QED) is 0.709. The average molecular weight is 236 g/mol. The summed E-state index contributed by atoms with van der Waals surface area (Å²) in [5.74, 6) is 0. The highest BCUT2D eigenvalue weighted by molar-refractivity contribution is 5.01. The van der Waals surface area contributed by atoms with Crippen LogP contribution in [0.4, 0.5) is 0 Å². The molecule has 2 unspecified atom stereocenters. The van der Waals surface area contributed by atoms with E-state index >= 15 is 0 Å². The van der Waals surface area contributed by atoms with Crippen molar-refractivity contribution in [3.05, 3.63) is 0 Å². The van der Waals surface area contributed by atoms with Crippen molar-refractivity contribution < 1.29 is 0 Å². The Balaban J connectivity index is 1.56. The maximum absolute atomic E-state index is 6.37. The van der Waals surface area contributed by atoms with Gasteiger partial charge in [-0.2, -0.15) is 0 Å². The molecule has 3 fully saturated rings. The van der Waals surface area contributed by atoms with Crippen LogP contribution in [0, 0.1) is 5.41 Å². The lowest BCUT2D eigenvalue weighted by molar-refractivity contribution is -0.0619. The fourth-order valence-corrected chi connectivity index (χ4v) is 4.44. The van der Waals surface area contributed by atoms with Crippen LogP contribution >= 0.6 is 0 Å². The molecule has 2 nitrogen and oxygen atoms in total. The molecule has 0 aromatic carbocycles. The molecular formula is C15H28N2. The lowest BCUT2D eigenvalue weighted by Crippen LogP contribution is -2.63. The molecule has 1 aliphatic heterocycles. The molecule has 0 bridgehead atoms. The minimum absolute atomic E-state index is 0.457. The predicted molar refractivity (Wildman–Crippen MR) is 71.9 cm³/mol. The van der Waals surface area contributed by atoms with Crippen LogP contribution in [0.25, 0.3) is 0 Å². The third kappa shape index (κ3) is 2.39. The first kappa shape index (κ1) is 12.0. The monoisotopic (exact) mass is 236 g/mol. The van der Waals surface area contributed by atoms with Crippen LogP contribution in [0.15, 0.2) is 0 Å². The van der Waals surface area contributed by atoms with E-state index in [1.54, 1.807) is 0 Å². The van der Waals surface area contributed by atoms with Crippen LogP contribution < -0.4 is 5.73 Å². The van der Waals surface area contributed by atoms with Gasteiger partial charge in [0.1, 0.15) is 0 Å². The molecule has 2 atom stereocenters. The van der Waals surface area contributed by atoms with E-state index in [2.05, 4.69) is 4.90 Å². The van der Waals surface area contributed by atoms with E-state index in [9.17, 15) is 0 Å². The Morgan fingerprint density at radius 1 is 0.824 bits per heavy atom. The first-order valence-electron chi connectivity index (χ1n) is 7.79. The van der Waals surface area contributed by atoms with Crippen molar-refractivity contribution in [2.24, 2.45) is 11.1 Å². The van der Waals surface area contributed by atoms with Crippen molar-refractivity contribution in [3.63, 3.8) is 0 Å². The maximum Gasteiger partial charge on any atom is 0.0247 e. The third-order valence-corrected chi connectivity index (χ3v) is 5.49. The number of hydrogen-bond donors (Lipinski definition) is 1. The zero-order valence-corrected chi connectivity index (χ0v) is 11.2. The molecule has 2 N–H and O–H groups in total. The molecule has 98 valence electrons. The van der Waals surface area contributed by atoms with E-state index in [0.29, 0.717) is 12.1 Å². The second kappa shape index (κ2) is 4.89. The number of nitrogens with two attached hydrogens (primary N) is 1. The average Bonchev–Trinajstić information content (AvgIpc) is 2.52. The van der Waals surface area contributed by atoms with Crippen LogP contribution in [0.5, 0.6) is 0 Å². The van der Waals surface area contributed by atoms with E-state index in [-0.39, 0.29) is 0 Å². The summed E-state index contributed by atoms with van der Waals surface area (Å²) in [5, 5.41) is 0. The highest BCUT2D eigenvalue weighted by Gasteiger charge is 2.46. The molecule has 17 heavy (non-hydrogen) atoms. The van der Waals surface area contributed by atoms with Gasteiger partial charge in [0.2, 0.25) is 0 Å². The number of likely N-dealkylation sites (tertiary alicyclic amines) is 1. The molecule has 3 aliphatic rings. The van der Waals surface area contributed by atoms with Gasteiger partial charge in [-0.1, -0.05) is 38.5 Å². The Labute approximate surface area is 106 Å². The van der Waals surface area contributed by atoms with Gasteiger partial charge < -0.3 is 5.73 Å². The molecule has 0 radical (unpaired) electrons. The van der Waals surface area contributed by atoms with E-state index in [1.807, 2.05) is 0 Å². The van der Waals surface area contributed by atoms with E-state index in [1.165, 1.54) is 77.3 Å². The molecule has 2 saturated carbocycles. The molecular weight excluding hydrogens is 208 g/mol. The normalized spacial score (nSPS) is 38.6. The van der Waals surface area contributed by atoms with Crippen LogP contribution in [0.2, 0.25) is 0 Å². The fourth-order valence-electron chi connectivity index (χ4n) is 4.44. The summed E-state index contributed by atoms with van der Waals surface area (Å²) >= 11 is 0. The highest BCUT2D eigenvalue weighted by atomic mass is 15.2. The zero-order valence-electron chi connectivity index (χ0n) is 11.2. The van der Waals surface area contributed by atoms with Gasteiger partial charge in [-0.05, 0) is 31.1 Å². The summed E-state index contributed by atoms with van der Waals surface area (Å²) in [6.07, 6.45) is 14.2. The summed E-state index contributed by atoms with van der Waals surface area (Å²) in [4.78, 5) is 2.72. The number of hydrogen-bond acceptors (Lipinski definition) is 2. The second-order valence-electron chi connectivity index (χ2n) is 6.83. The summed E-state index contributed by atoms with van der Waals surface area (Å²) < 4.78 is 0. The van der Waals surface area contributed by atoms with E-state index in [4.69, 9.17) is 5.73 Å². The van der Waals surface area contributed by atoms with E-state index < -0.39 is 0 Å². The van der Waals surface area contributed by atoms with Crippen LogP contribution in [-0.2, 0) is 0 Å². The van der Waals surface area contributed by atoms with Gasteiger partial charge in [0.05, 0.1) is 0 Å². The van der Waals surface area contributed by atoms with E-state index in [0.717, 1.165) is 5.41 Å². The Morgan fingerprint density at radius 2 is 1.47 bits per heavy atom. The van der Waals surface area contributed by atoms with Crippen molar-refractivity contribution in [3.8, 4) is 0 Å². The first-order valence-corrected chi connectivity index (χ1v) is 7.79. The van der Waals surface area contributed by atoms with Gasteiger partial charge >= 0.3 is 0 Å². The van der Waals surface area contributed by atoms with Crippen LogP contribution in [0.3, 0.4) is 0 Å². The molecule has 1 saturated heterocycles. The summed E-state index contributed by atoms with van der Waals surface area (Å²) in [6, 6.07) is 1.17. The summed E-state index contributed by atoms with van der Waals surface area (Å²) in [7, 11) is 0. The van der Waals surface area contributed by atoms with Gasteiger partial charge in [-0.15, -0.1) is 0 Å². The first-order chi connectivity index (χ1) is 8.29. The van der Waals surface area contributed by atoms with Crippen molar-refractivity contribution in [1.82, 2.24) is 4.90 Å². The smallest absolute Gasteiger partial charge is 0.0247 e. The summed E-state index contributed by atoms with van der Waals surface area (Å²) in [6.45, 7) is 2.73. The standard InChI is InChI=1S/C15H28N2/c16-13-7-3-1-4-8-14(13)17-11-15(12-17)9-5-2-6-10-15/h13-14H,1-12,16H2. The molecule has 1 spiro atoms. The Morgan fingerprint density at radius 3 is 2.24 bits per heavy atom. The maximum atomic E-state index is 6.37. The van der Waals surface area contributed by atoms with Gasteiger partial charge in [0.25, 0.3) is 0 Å². The molecule has 0 amide bonds. The minimum Gasteiger partial charge on any atom is -0.326 e. The largest absolute Gasteiger partial charge is 0.326 e. The van der Waals surface area contributed by atoms with Gasteiger partial charge in [-0.25, -0.2) is 0 Å². The van der Waals surface area contributed by atoms with Crippen molar-refractivity contribution in [1.29, 1.82) is 0 Å². The predicted octanol–water partition coefficient (Wildman–Crippen LogP) is 2.91. The molecule has 2 aliphatic carbocycles. The molecule has 3 rings (SSSR count). The number of nitrogens with zero attached hydrogens (tertiary/aromatic N) is 1. The van der Waals surface area contributed by atoms with Gasteiger partial charge in [0.15, 0.2) is 0 Å². The highest BCUT2D eigenvalue weighted by Crippen LogP contribution is 2.45. The SMILES string of the molecule is NC1CCCCCC1N1CC2(CCCCC2)C1. The lowest BCUT2D eigenvalue weighted by atomic mass is 9.68. The Bertz CT molecular complexity index is 250. The van der Waals surface area contributed by atoms with Gasteiger partial charge in [0, 0.05) is 25.2 Å². The fraction of sp³-hybridized carbons (Fsp3) is 1.00. The lowest BCUT2D eigenvalue weighted by Gasteiger charge is -2.56. The molecule has 0 aromatic rings. The van der Waals surface area contributed by atoms with Crippen LogP contribution in [-0.4, -0.2) is 30.1 Å². The Hall–Kier alpha value is -0.0800. The molecule has 2 heteroatoms. The van der Waals surface area contributed by atoms with Crippen molar-refractivity contribution in [2.75, 3.05) is 13.1 Å². The summed E-state index contributed by atoms with van der Waals surface area (Å²) in [5.41, 5.74) is 7.09. The van der Waals surface area contributed by atoms with Gasteiger partial charge in [-0.3, -0.25) is 4.90 Å². The third-order valence-electron chi connectivity index (χ3n) is 5.49. The topological polar surface area (TPSA) is 29.3 Å². The molecule has 1 heterocycles.